The van der Waals surface area contributed by atoms with Gasteiger partial charge in [-0.25, -0.2) is 34.6 Å². The molecule has 0 aliphatic carbocycles. The van der Waals surface area contributed by atoms with E-state index >= 15 is 0 Å². The molecule has 0 radical (unpaired) electrons. The zero-order chi connectivity index (χ0) is 44.3. The largest absolute Gasteiger partial charge is 0.493 e. The fourth-order valence-corrected chi connectivity index (χ4v) is 5.40. The highest BCUT2D eigenvalue weighted by molar-refractivity contribution is 5.94. The molecule has 0 saturated carbocycles. The molecule has 4 aromatic carbocycles. The van der Waals surface area contributed by atoms with Crippen molar-refractivity contribution in [2.45, 2.75) is 27.2 Å². The van der Waals surface area contributed by atoms with E-state index in [4.69, 9.17) is 46.8 Å². The lowest BCUT2D eigenvalue weighted by molar-refractivity contribution is -0.143. The highest BCUT2D eigenvalue weighted by atomic mass is 19.1. The van der Waals surface area contributed by atoms with E-state index in [0.29, 0.717) is 74.4 Å². The topological polar surface area (TPSA) is 222 Å². The number of rotatable bonds is 16. The Balaban J connectivity index is 0.000000313. The van der Waals surface area contributed by atoms with Gasteiger partial charge < -0.3 is 44.6 Å². The van der Waals surface area contributed by atoms with Crippen molar-refractivity contribution >= 4 is 56.6 Å². The number of esters is 1. The second-order valence-electron chi connectivity index (χ2n) is 12.1. The number of methoxy groups -OCH3 is 2. The van der Waals surface area contributed by atoms with Crippen molar-refractivity contribution in [2.24, 2.45) is 5.90 Å². The van der Waals surface area contributed by atoms with Crippen LogP contribution >= 0.6 is 0 Å². The van der Waals surface area contributed by atoms with Crippen LogP contribution in [0.25, 0.3) is 21.8 Å². The molecule has 2 aromatic heterocycles. The fraction of sp³-hybridized carbons (Fsp3) is 0.227. The normalized spacial score (nSPS) is 9.97. The van der Waals surface area contributed by atoms with Crippen molar-refractivity contribution in [1.29, 1.82) is 0 Å². The van der Waals surface area contributed by atoms with Crippen molar-refractivity contribution in [1.82, 2.24) is 19.9 Å². The van der Waals surface area contributed by atoms with E-state index in [2.05, 4.69) is 48.3 Å². The van der Waals surface area contributed by atoms with Crippen LogP contribution in [0.15, 0.2) is 73.3 Å². The first kappa shape index (κ1) is 48.7. The van der Waals surface area contributed by atoms with Crippen LogP contribution in [-0.2, 0) is 14.3 Å². The van der Waals surface area contributed by atoms with Gasteiger partial charge in [0.25, 0.3) is 0 Å². The number of carbonyl (C=O) groups is 2. The number of benzene rings is 4. The standard InChI is InChI=1S/C22H20FN3O4.C21H18FN3O4.CH4.H3NO/c1-4-14-10-15(6-7-17(14)23)26-22-16-11-20(30-9-8-21(27)29-5-2)19(28-3)12-18(16)24-13-25-22;1-3-13-8-14(4-5-17(13)22)25-21-16-9-20(29-7-6-15(27)11-26)19(28-2)10-18(16)23-12-24-21;;1-2/h1,6-7,10-13H,5,8-9H2,2-3H3,(H,24,25,26);1,4-5,8-10,12,26H,6-7,11H2,2H3,(H,23,24,25);1H4;2H,1H2. The molecule has 18 heteroatoms. The van der Waals surface area contributed by atoms with Crippen LogP contribution < -0.4 is 35.5 Å². The van der Waals surface area contributed by atoms with Crippen molar-refractivity contribution in [3.63, 3.8) is 0 Å². The number of nitrogens with one attached hydrogen (secondary N) is 2. The summed E-state index contributed by atoms with van der Waals surface area (Å²) in [5.74, 6) is 9.14. The average Bonchev–Trinajstić information content (AvgIpc) is 3.28. The number of ether oxygens (including phenoxy) is 5. The molecular formula is C44H45F2N7O9. The van der Waals surface area contributed by atoms with Crippen LogP contribution in [0.5, 0.6) is 23.0 Å². The van der Waals surface area contributed by atoms with Crippen molar-refractivity contribution in [3.05, 3.63) is 96.1 Å². The minimum Gasteiger partial charge on any atom is -0.493 e. The molecule has 0 amide bonds. The van der Waals surface area contributed by atoms with E-state index in [1.54, 1.807) is 43.3 Å². The predicted octanol–water partition coefficient (Wildman–Crippen LogP) is 6.64. The molecule has 16 nitrogen and oxygen atoms in total. The van der Waals surface area contributed by atoms with Crippen LogP contribution in [0, 0.1) is 36.3 Å². The van der Waals surface area contributed by atoms with E-state index in [1.165, 1.54) is 51.1 Å². The summed E-state index contributed by atoms with van der Waals surface area (Å²) in [7, 11) is 3.01. The Morgan fingerprint density at radius 2 is 1.16 bits per heavy atom. The summed E-state index contributed by atoms with van der Waals surface area (Å²) in [6.45, 7) is 1.74. The summed E-state index contributed by atoms with van der Waals surface area (Å²) in [6.07, 6.45) is 13.6. The van der Waals surface area contributed by atoms with Gasteiger partial charge in [0.1, 0.15) is 42.5 Å². The van der Waals surface area contributed by atoms with Gasteiger partial charge in [-0.2, -0.15) is 0 Å². The van der Waals surface area contributed by atoms with Crippen molar-refractivity contribution in [3.8, 4) is 47.7 Å². The molecule has 0 unspecified atom stereocenters. The number of nitrogens with zero attached hydrogens (tertiary/aromatic N) is 4. The molecule has 0 spiro atoms. The van der Waals surface area contributed by atoms with Gasteiger partial charge in [0.15, 0.2) is 28.8 Å². The number of hydrogen-bond acceptors (Lipinski definition) is 16. The molecule has 6 N–H and O–H groups in total. The third-order valence-electron chi connectivity index (χ3n) is 8.29. The van der Waals surface area contributed by atoms with Gasteiger partial charge in [-0.05, 0) is 55.5 Å². The lowest BCUT2D eigenvalue weighted by Gasteiger charge is -2.14. The molecule has 2 heterocycles. The summed E-state index contributed by atoms with van der Waals surface area (Å²) < 4.78 is 54.3. The Kier molecular flexibility index (Phi) is 19.2. The zero-order valence-electron chi connectivity index (χ0n) is 33.2. The van der Waals surface area contributed by atoms with Gasteiger partial charge in [0.2, 0.25) is 0 Å². The van der Waals surface area contributed by atoms with Gasteiger partial charge in [0.05, 0.1) is 62.6 Å². The smallest absolute Gasteiger partial charge is 0.309 e. The molecule has 0 bridgehead atoms. The molecule has 0 saturated heterocycles. The molecule has 62 heavy (non-hydrogen) atoms. The molecule has 0 atom stereocenters. The minimum absolute atomic E-state index is 0. The zero-order valence-corrected chi connectivity index (χ0v) is 33.2. The van der Waals surface area contributed by atoms with Crippen LogP contribution in [0.1, 0.15) is 38.3 Å². The number of Topliss-reactive ketones (excluding diaryl/α,β-unsaturated/α-hetero) is 1. The Bertz CT molecular complexity index is 2560. The van der Waals surface area contributed by atoms with Gasteiger partial charge in [0, 0.05) is 40.7 Å². The second kappa shape index (κ2) is 24.4. The maximum atomic E-state index is 13.7. The average molecular weight is 854 g/mol. The summed E-state index contributed by atoms with van der Waals surface area (Å²) in [5.41, 5.74) is 2.62. The number of nitrogens with two attached hydrogens (primary N) is 1. The number of aliphatic hydroxyl groups is 1. The quantitative estimate of drug-likeness (QED) is 0.0391. The molecular weight excluding hydrogens is 809 g/mol. The van der Waals surface area contributed by atoms with Crippen LogP contribution in [-0.4, -0.2) is 82.6 Å². The Hall–Kier alpha value is -7.64. The molecule has 0 fully saturated rings. The number of carbonyl (C=O) groups excluding carboxylic acids is 2. The van der Waals surface area contributed by atoms with E-state index < -0.39 is 18.2 Å². The maximum Gasteiger partial charge on any atom is 0.309 e. The number of aliphatic hydroxyl groups excluding tert-OH is 1. The Morgan fingerprint density at radius 3 is 1.56 bits per heavy atom. The molecule has 324 valence electrons. The second-order valence-corrected chi connectivity index (χ2v) is 12.1. The van der Waals surface area contributed by atoms with Gasteiger partial charge >= 0.3 is 5.97 Å². The Labute approximate surface area is 356 Å². The van der Waals surface area contributed by atoms with E-state index in [0.717, 1.165) is 0 Å². The van der Waals surface area contributed by atoms with Crippen LogP contribution in [0.3, 0.4) is 0 Å². The number of anilines is 4. The highest BCUT2D eigenvalue weighted by Gasteiger charge is 2.15. The van der Waals surface area contributed by atoms with E-state index in [1.807, 2.05) is 0 Å². The number of aromatic nitrogens is 4. The fourth-order valence-electron chi connectivity index (χ4n) is 5.40. The van der Waals surface area contributed by atoms with Crippen molar-refractivity contribution < 1.29 is 52.4 Å². The number of ketones is 1. The van der Waals surface area contributed by atoms with Gasteiger partial charge in [-0.1, -0.05) is 19.3 Å². The third-order valence-corrected chi connectivity index (χ3v) is 8.29. The van der Waals surface area contributed by atoms with Gasteiger partial charge in [-0.3, -0.25) is 9.59 Å². The summed E-state index contributed by atoms with van der Waals surface area (Å²) in [5, 5.41) is 22.8. The molecule has 6 aromatic rings. The monoisotopic (exact) mass is 853 g/mol. The first-order chi connectivity index (χ1) is 29.6. The summed E-state index contributed by atoms with van der Waals surface area (Å²) >= 11 is 0. The number of hydrogen-bond donors (Lipinski definition) is 5. The third kappa shape index (κ3) is 12.9. The molecule has 6 rings (SSSR count). The number of halogens is 2. The maximum absolute atomic E-state index is 13.7. The number of terminal acetylenes is 2. The molecule has 0 aliphatic heterocycles. The molecule has 0 aliphatic rings. The SMILES string of the molecule is C.C#Cc1cc(Nc2ncnc3cc(OC)c(OCCC(=O)CO)cc23)ccc1F.C#Cc1cc(Nc2ncnc3cc(OC)c(OCCC(=O)OCC)cc23)ccc1F.NO. The predicted molar refractivity (Wildman–Crippen MR) is 229 cm³/mol. The lowest BCUT2D eigenvalue weighted by Crippen LogP contribution is -2.10. The van der Waals surface area contributed by atoms with E-state index in [9.17, 15) is 18.4 Å². The number of fused-ring (bicyclic) bond motifs is 2. The van der Waals surface area contributed by atoms with Crippen LogP contribution in [0.2, 0.25) is 0 Å². The summed E-state index contributed by atoms with van der Waals surface area (Å²) in [6, 6.07) is 15.5. The van der Waals surface area contributed by atoms with Crippen molar-refractivity contribution in [2.75, 3.05) is 51.3 Å². The van der Waals surface area contributed by atoms with Gasteiger partial charge in [-0.15, -0.1) is 12.8 Å². The first-order valence-corrected chi connectivity index (χ1v) is 18.1. The summed E-state index contributed by atoms with van der Waals surface area (Å²) in [4.78, 5) is 39.8. The Morgan fingerprint density at radius 1 is 0.710 bits per heavy atom. The van der Waals surface area contributed by atoms with Crippen LogP contribution in [0.4, 0.5) is 31.8 Å². The van der Waals surface area contributed by atoms with E-state index in [-0.39, 0.29) is 56.4 Å². The lowest BCUT2D eigenvalue weighted by atomic mass is 10.1. The first-order valence-electron chi connectivity index (χ1n) is 18.1. The highest BCUT2D eigenvalue weighted by Crippen LogP contribution is 2.36. The minimum atomic E-state index is -0.530.